The van der Waals surface area contributed by atoms with Crippen LogP contribution in [0.3, 0.4) is 0 Å². The van der Waals surface area contributed by atoms with E-state index in [-0.39, 0.29) is 29.2 Å². The number of phenols is 2. The number of aliphatic hydroxyl groups excluding tert-OH is 1. The van der Waals surface area contributed by atoms with Gasteiger partial charge in [0.15, 0.2) is 0 Å². The number of benzene rings is 3. The van der Waals surface area contributed by atoms with E-state index in [0.29, 0.717) is 10.6 Å². The van der Waals surface area contributed by atoms with Gasteiger partial charge in [0, 0.05) is 34.4 Å². The second-order valence-corrected chi connectivity index (χ2v) is 10.1. The number of halogens is 1. The van der Waals surface area contributed by atoms with Crippen LogP contribution in [0, 0.1) is 0 Å². The fraction of sp³-hybridized carbons (Fsp3) is 0.143. The smallest absolute Gasteiger partial charge is 0.243 e. The predicted octanol–water partition coefficient (Wildman–Crippen LogP) is 5.74. The van der Waals surface area contributed by atoms with Gasteiger partial charge in [-0.25, -0.2) is 0 Å². The van der Waals surface area contributed by atoms with E-state index in [1.807, 2.05) is 36.4 Å². The number of amides is 1. The minimum absolute atomic E-state index is 0.0697. The van der Waals surface area contributed by atoms with Crippen LogP contribution in [-0.2, 0) is 4.79 Å². The minimum atomic E-state index is -0.964. The highest BCUT2D eigenvalue weighted by Gasteiger charge is 2.49. The fourth-order valence-corrected chi connectivity index (χ4v) is 5.79. The highest BCUT2D eigenvalue weighted by molar-refractivity contribution is 8.00. The van der Waals surface area contributed by atoms with Crippen molar-refractivity contribution in [1.82, 2.24) is 4.98 Å². The van der Waals surface area contributed by atoms with E-state index < -0.39 is 11.4 Å². The number of aromatic nitrogens is 1. The molecule has 3 aromatic carbocycles. The Morgan fingerprint density at radius 1 is 0.972 bits per heavy atom. The number of β-lactam (4-membered cyclic amide) rings is 1. The van der Waals surface area contributed by atoms with Gasteiger partial charge >= 0.3 is 0 Å². The molecule has 0 bridgehead atoms. The summed E-state index contributed by atoms with van der Waals surface area (Å²) in [5, 5.41) is 30.5. The van der Waals surface area contributed by atoms with Gasteiger partial charge in [0.2, 0.25) is 5.91 Å². The normalized spacial score (nSPS) is 18.1. The third-order valence-electron chi connectivity index (χ3n) is 6.21. The number of nitrogens with zero attached hydrogens (tertiary/aromatic N) is 2. The van der Waals surface area contributed by atoms with E-state index in [0.717, 1.165) is 22.4 Å². The summed E-state index contributed by atoms with van der Waals surface area (Å²) in [6.45, 7) is 0. The maximum Gasteiger partial charge on any atom is 0.243 e. The summed E-state index contributed by atoms with van der Waals surface area (Å²) in [5.74, 6) is 0.212. The lowest BCUT2D eigenvalue weighted by atomic mass is 9.92. The van der Waals surface area contributed by atoms with Gasteiger partial charge in [-0.05, 0) is 59.2 Å². The molecule has 182 valence electrons. The van der Waals surface area contributed by atoms with Crippen molar-refractivity contribution in [3.8, 4) is 22.6 Å². The number of carbonyl (C=O) groups excluding carboxylic acids is 1. The van der Waals surface area contributed by atoms with Gasteiger partial charge < -0.3 is 20.2 Å². The molecule has 3 atom stereocenters. The molecule has 1 aliphatic heterocycles. The molecule has 36 heavy (non-hydrogen) atoms. The van der Waals surface area contributed by atoms with Crippen LogP contribution in [0.15, 0.2) is 91.3 Å². The molecule has 8 heteroatoms. The van der Waals surface area contributed by atoms with Crippen molar-refractivity contribution in [3.05, 3.63) is 107 Å². The van der Waals surface area contributed by atoms with Crippen LogP contribution >= 0.6 is 23.4 Å². The number of hydrogen-bond acceptors (Lipinski definition) is 6. The van der Waals surface area contributed by atoms with Crippen LogP contribution in [0.1, 0.15) is 23.3 Å². The number of phenolic OH excluding ortho intramolecular Hbond substituents is 2. The number of thioether (sulfide) groups is 1. The molecule has 0 spiro atoms. The second kappa shape index (κ2) is 10.2. The molecule has 1 amide bonds. The Balaban J connectivity index is 1.38. The number of pyridine rings is 1. The van der Waals surface area contributed by atoms with Crippen molar-refractivity contribution in [3.63, 3.8) is 0 Å². The maximum absolute atomic E-state index is 13.3. The Hall–Kier alpha value is -3.52. The highest BCUT2D eigenvalue weighted by Crippen LogP contribution is 2.46. The van der Waals surface area contributed by atoms with Crippen molar-refractivity contribution >= 4 is 35.0 Å². The monoisotopic (exact) mass is 518 g/mol. The summed E-state index contributed by atoms with van der Waals surface area (Å²) in [7, 11) is 0. The van der Waals surface area contributed by atoms with Crippen LogP contribution in [0.2, 0.25) is 5.02 Å². The molecule has 3 N–H and O–H groups in total. The zero-order chi connectivity index (χ0) is 25.2. The molecule has 0 aliphatic carbocycles. The van der Waals surface area contributed by atoms with Gasteiger partial charge in [0.1, 0.15) is 16.7 Å². The number of carbonyl (C=O) groups is 1. The van der Waals surface area contributed by atoms with Crippen LogP contribution < -0.4 is 4.90 Å². The van der Waals surface area contributed by atoms with E-state index in [1.165, 1.54) is 17.8 Å². The van der Waals surface area contributed by atoms with Gasteiger partial charge in [-0.2, -0.15) is 0 Å². The van der Waals surface area contributed by atoms with E-state index in [2.05, 4.69) is 4.98 Å². The first-order chi connectivity index (χ1) is 17.4. The molecule has 6 nitrogen and oxygen atoms in total. The molecule has 0 saturated carbocycles. The summed E-state index contributed by atoms with van der Waals surface area (Å²) >= 11 is 7.24. The lowest BCUT2D eigenvalue weighted by molar-refractivity contribution is -0.123. The predicted molar refractivity (Wildman–Crippen MR) is 142 cm³/mol. The average Bonchev–Trinajstić information content (AvgIpc) is 2.89. The molecular weight excluding hydrogens is 496 g/mol. The fourth-order valence-electron chi connectivity index (χ4n) is 4.34. The number of aliphatic hydroxyl groups is 1. The molecule has 5 rings (SSSR count). The summed E-state index contributed by atoms with van der Waals surface area (Å²) in [6.07, 6.45) is 2.55. The Kier molecular flexibility index (Phi) is 6.87. The largest absolute Gasteiger partial charge is 0.508 e. The average molecular weight is 519 g/mol. The second-order valence-electron chi connectivity index (χ2n) is 8.51. The van der Waals surface area contributed by atoms with Crippen molar-refractivity contribution in [1.29, 1.82) is 0 Å². The van der Waals surface area contributed by atoms with E-state index in [9.17, 15) is 20.1 Å². The standard InChI is InChI=1S/C28H23ClN2O4S/c29-20-7-12-23(24(33)14-20)25(34)16-36-27-26(18-5-10-22(32)11-6-18)31(28(27)35)21-8-3-17(4-9-21)19-2-1-13-30-15-19/h1-15,25-27,32-34H,16H2/t25-,26-,27-/m1/s1. The number of aromatic hydroxyl groups is 2. The first-order valence-corrected chi connectivity index (χ1v) is 12.8. The van der Waals surface area contributed by atoms with Crippen molar-refractivity contribution in [2.45, 2.75) is 17.4 Å². The van der Waals surface area contributed by atoms with Gasteiger partial charge in [-0.1, -0.05) is 48.0 Å². The quantitative estimate of drug-likeness (QED) is 0.270. The summed E-state index contributed by atoms with van der Waals surface area (Å²) in [6, 6.07) is 22.7. The molecule has 1 saturated heterocycles. The molecule has 2 heterocycles. The van der Waals surface area contributed by atoms with E-state index in [4.69, 9.17) is 11.6 Å². The summed E-state index contributed by atoms with van der Waals surface area (Å²) < 4.78 is 0. The van der Waals surface area contributed by atoms with Crippen LogP contribution in [-0.4, -0.2) is 37.2 Å². The minimum Gasteiger partial charge on any atom is -0.508 e. The SMILES string of the molecule is O=C1[C@H](SC[C@@H](O)c2ccc(Cl)cc2O)[C@@H](c2ccc(O)cc2)N1c1ccc(-c2cccnc2)cc1. The molecule has 4 aromatic rings. The van der Waals surface area contributed by atoms with Gasteiger partial charge in [-0.15, -0.1) is 11.8 Å². The topological polar surface area (TPSA) is 93.9 Å². The lowest BCUT2D eigenvalue weighted by Gasteiger charge is -2.47. The van der Waals surface area contributed by atoms with Gasteiger partial charge in [0.05, 0.1) is 12.1 Å². The molecule has 0 unspecified atom stereocenters. The zero-order valence-corrected chi connectivity index (χ0v) is 20.6. The first kappa shape index (κ1) is 24.2. The molecule has 1 fully saturated rings. The highest BCUT2D eigenvalue weighted by atomic mass is 35.5. The summed E-state index contributed by atoms with van der Waals surface area (Å²) in [4.78, 5) is 19.2. The molecule has 1 aromatic heterocycles. The van der Waals surface area contributed by atoms with E-state index in [1.54, 1.807) is 53.7 Å². The van der Waals surface area contributed by atoms with Crippen molar-refractivity contribution in [2.24, 2.45) is 0 Å². The van der Waals surface area contributed by atoms with Crippen LogP contribution in [0.5, 0.6) is 11.5 Å². The Bertz CT molecular complexity index is 1370. The summed E-state index contributed by atoms with van der Waals surface area (Å²) in [5.41, 5.74) is 3.99. The zero-order valence-electron chi connectivity index (χ0n) is 19.0. The Morgan fingerprint density at radius 2 is 1.72 bits per heavy atom. The van der Waals surface area contributed by atoms with Crippen molar-refractivity contribution in [2.75, 3.05) is 10.7 Å². The molecular formula is C28H23ClN2O4S. The molecule has 1 aliphatic rings. The van der Waals surface area contributed by atoms with Gasteiger partial charge in [0.25, 0.3) is 0 Å². The number of anilines is 1. The van der Waals surface area contributed by atoms with Crippen LogP contribution in [0.25, 0.3) is 11.1 Å². The van der Waals surface area contributed by atoms with Crippen molar-refractivity contribution < 1.29 is 20.1 Å². The Labute approximate surface area is 217 Å². The molecule has 0 radical (unpaired) electrons. The van der Waals surface area contributed by atoms with Crippen LogP contribution in [0.4, 0.5) is 5.69 Å². The van der Waals surface area contributed by atoms with E-state index >= 15 is 0 Å². The lowest BCUT2D eigenvalue weighted by Crippen LogP contribution is -2.57. The Morgan fingerprint density at radius 3 is 2.39 bits per heavy atom. The first-order valence-electron chi connectivity index (χ1n) is 11.3. The number of hydrogen-bond donors (Lipinski definition) is 3. The van der Waals surface area contributed by atoms with Gasteiger partial charge in [-0.3, -0.25) is 9.78 Å². The third-order valence-corrected chi connectivity index (χ3v) is 7.77. The maximum atomic E-state index is 13.3. The number of rotatable bonds is 7. The third kappa shape index (κ3) is 4.78.